The van der Waals surface area contributed by atoms with Gasteiger partial charge in [-0.2, -0.15) is 0 Å². The number of nitrogens with zero attached hydrogens (tertiary/aromatic N) is 2. The topological polar surface area (TPSA) is 70.7 Å². The maximum absolute atomic E-state index is 11.2. The largest absolute Gasteiger partial charge is 0.341 e. The third-order valence-corrected chi connectivity index (χ3v) is 3.41. The average Bonchev–Trinajstić information content (AvgIpc) is 2.34. The second-order valence-corrected chi connectivity index (χ2v) is 4.58. The number of rotatable bonds is 0. The molecule has 1 rings (SSSR count). The Bertz CT molecular complexity index is 219. The Balaban J connectivity index is 2.55. The lowest BCUT2D eigenvalue weighted by Crippen LogP contribution is -2.45. The molecular weight excluding hydrogens is 188 g/mol. The molecular formula is C7H16N4OS. The highest BCUT2D eigenvalue weighted by molar-refractivity contribution is 7.85. The molecule has 1 unspecified atom stereocenters. The zero-order chi connectivity index (χ0) is 9.68. The summed E-state index contributed by atoms with van der Waals surface area (Å²) < 4.78 is 11.2. The van der Waals surface area contributed by atoms with Crippen molar-refractivity contribution >= 4 is 16.8 Å². The van der Waals surface area contributed by atoms with Crippen molar-refractivity contribution in [2.75, 3.05) is 31.6 Å². The molecule has 1 aliphatic heterocycles. The van der Waals surface area contributed by atoms with Crippen molar-refractivity contribution in [3.63, 3.8) is 0 Å². The summed E-state index contributed by atoms with van der Waals surface area (Å²) in [6.45, 7) is 1.64. The van der Waals surface area contributed by atoms with Crippen LogP contribution in [0.25, 0.3) is 0 Å². The Morgan fingerprint density at radius 1 is 1.54 bits per heavy atom. The van der Waals surface area contributed by atoms with E-state index in [1.165, 1.54) is 0 Å². The minimum atomic E-state index is -0.664. The molecule has 1 aliphatic rings. The second kappa shape index (κ2) is 5.18. The van der Waals surface area contributed by atoms with Crippen molar-refractivity contribution < 1.29 is 4.21 Å². The smallest absolute Gasteiger partial charge is 0.208 e. The zero-order valence-corrected chi connectivity index (χ0v) is 8.64. The van der Waals surface area contributed by atoms with Gasteiger partial charge in [0.15, 0.2) is 0 Å². The molecule has 76 valence electrons. The Hall–Kier alpha value is -0.620. The maximum atomic E-state index is 11.2. The van der Waals surface area contributed by atoms with E-state index in [9.17, 15) is 4.21 Å². The lowest BCUT2D eigenvalue weighted by molar-refractivity contribution is 0.433. The van der Waals surface area contributed by atoms with Crippen molar-refractivity contribution in [1.82, 2.24) is 10.3 Å². The van der Waals surface area contributed by atoms with Crippen LogP contribution in [-0.4, -0.2) is 46.7 Å². The van der Waals surface area contributed by atoms with Gasteiger partial charge in [0.25, 0.3) is 0 Å². The van der Waals surface area contributed by atoms with E-state index >= 15 is 0 Å². The van der Waals surface area contributed by atoms with Gasteiger partial charge in [-0.1, -0.05) is 0 Å². The maximum Gasteiger partial charge on any atom is 0.208 e. The number of hydrazine groups is 1. The molecule has 3 N–H and O–H groups in total. The molecule has 1 saturated heterocycles. The molecule has 0 radical (unpaired) electrons. The van der Waals surface area contributed by atoms with E-state index in [0.29, 0.717) is 11.7 Å². The molecule has 1 fully saturated rings. The first-order valence-corrected chi connectivity index (χ1v) is 5.80. The number of hydrogen-bond acceptors (Lipinski definition) is 3. The van der Waals surface area contributed by atoms with Crippen LogP contribution in [-0.2, 0) is 10.8 Å². The van der Waals surface area contributed by atoms with Crippen LogP contribution in [0, 0.1) is 0 Å². The van der Waals surface area contributed by atoms with Crippen molar-refractivity contribution in [1.29, 1.82) is 0 Å². The van der Waals surface area contributed by atoms with Crippen LogP contribution in [0.2, 0.25) is 0 Å². The molecule has 1 atom stereocenters. The lowest BCUT2D eigenvalue weighted by atomic mass is 10.4. The average molecular weight is 204 g/mol. The molecule has 6 heteroatoms. The van der Waals surface area contributed by atoms with Gasteiger partial charge >= 0.3 is 0 Å². The Labute approximate surface area is 80.8 Å². The standard InChI is InChI=1S/C7H16N4OS/c1-9-7(10-8)11-3-2-5-13(12)6-4-11/h2-6,8H2,1H3,(H,9,10). The van der Waals surface area contributed by atoms with Gasteiger partial charge in [0, 0.05) is 42.4 Å². The monoisotopic (exact) mass is 204 g/mol. The first kappa shape index (κ1) is 10.5. The highest BCUT2D eigenvalue weighted by Crippen LogP contribution is 2.01. The number of guanidine groups is 1. The number of aliphatic imine (C=N–C) groups is 1. The summed E-state index contributed by atoms with van der Waals surface area (Å²) >= 11 is 0. The number of hydrogen-bond donors (Lipinski definition) is 2. The van der Waals surface area contributed by atoms with Crippen LogP contribution < -0.4 is 11.3 Å². The molecule has 5 nitrogen and oxygen atoms in total. The van der Waals surface area contributed by atoms with E-state index in [-0.39, 0.29) is 0 Å². The van der Waals surface area contributed by atoms with Gasteiger partial charge in [0.05, 0.1) is 0 Å². The summed E-state index contributed by atoms with van der Waals surface area (Å²) in [7, 11) is 1.03. The fourth-order valence-corrected chi connectivity index (χ4v) is 2.43. The van der Waals surface area contributed by atoms with Crippen molar-refractivity contribution in [2.45, 2.75) is 6.42 Å². The van der Waals surface area contributed by atoms with Gasteiger partial charge in [0.1, 0.15) is 0 Å². The van der Waals surface area contributed by atoms with Crippen LogP contribution in [0.1, 0.15) is 6.42 Å². The summed E-state index contributed by atoms with van der Waals surface area (Å²) in [6, 6.07) is 0. The SMILES string of the molecule is CN=C(NN)N1CCCS(=O)CC1. The van der Waals surface area contributed by atoms with E-state index in [0.717, 1.165) is 25.3 Å². The van der Waals surface area contributed by atoms with E-state index < -0.39 is 10.8 Å². The second-order valence-electron chi connectivity index (χ2n) is 2.88. The zero-order valence-electron chi connectivity index (χ0n) is 7.82. The molecule has 0 aromatic rings. The van der Waals surface area contributed by atoms with Crippen LogP contribution in [0.15, 0.2) is 4.99 Å². The summed E-state index contributed by atoms with van der Waals surface area (Å²) in [4.78, 5) is 6.04. The van der Waals surface area contributed by atoms with Crippen LogP contribution in [0.4, 0.5) is 0 Å². The molecule has 0 aromatic heterocycles. The van der Waals surface area contributed by atoms with Gasteiger partial charge < -0.3 is 4.90 Å². The summed E-state index contributed by atoms with van der Waals surface area (Å²) in [6.07, 6.45) is 0.938. The molecule has 0 amide bonds. The summed E-state index contributed by atoms with van der Waals surface area (Å²) in [5.74, 6) is 7.48. The van der Waals surface area contributed by atoms with Gasteiger partial charge in [-0.25, -0.2) is 5.84 Å². The normalized spacial score (nSPS) is 25.5. The highest BCUT2D eigenvalue weighted by atomic mass is 32.2. The van der Waals surface area contributed by atoms with Crippen molar-refractivity contribution in [3.8, 4) is 0 Å². The number of nitrogens with two attached hydrogens (primary N) is 1. The molecule has 0 saturated carbocycles. The molecule has 13 heavy (non-hydrogen) atoms. The van der Waals surface area contributed by atoms with E-state index in [1.54, 1.807) is 7.05 Å². The van der Waals surface area contributed by atoms with E-state index in [1.807, 2.05) is 4.90 Å². The van der Waals surface area contributed by atoms with Crippen LogP contribution >= 0.6 is 0 Å². The minimum Gasteiger partial charge on any atom is -0.341 e. The lowest BCUT2D eigenvalue weighted by Gasteiger charge is -2.22. The Morgan fingerprint density at radius 2 is 2.31 bits per heavy atom. The predicted octanol–water partition coefficient (Wildman–Crippen LogP) is -1.11. The first-order chi connectivity index (χ1) is 6.27. The molecule has 0 aromatic carbocycles. The van der Waals surface area contributed by atoms with Gasteiger partial charge in [-0.05, 0) is 6.42 Å². The third-order valence-electron chi connectivity index (χ3n) is 2.03. The highest BCUT2D eigenvalue weighted by Gasteiger charge is 2.15. The molecule has 0 spiro atoms. The van der Waals surface area contributed by atoms with E-state index in [4.69, 9.17) is 5.84 Å². The predicted molar refractivity (Wildman–Crippen MR) is 54.7 cm³/mol. The van der Waals surface area contributed by atoms with Crippen LogP contribution in [0.3, 0.4) is 0 Å². The van der Waals surface area contributed by atoms with Crippen molar-refractivity contribution in [3.05, 3.63) is 0 Å². The van der Waals surface area contributed by atoms with Crippen LogP contribution in [0.5, 0.6) is 0 Å². The van der Waals surface area contributed by atoms with Gasteiger partial charge in [-0.3, -0.25) is 14.6 Å². The molecule has 0 aliphatic carbocycles. The Morgan fingerprint density at radius 3 is 2.92 bits per heavy atom. The minimum absolute atomic E-state index is 0.664. The number of nitrogens with one attached hydrogen (secondary N) is 1. The fourth-order valence-electron chi connectivity index (χ4n) is 1.35. The van der Waals surface area contributed by atoms with Gasteiger partial charge in [-0.15, -0.1) is 0 Å². The van der Waals surface area contributed by atoms with E-state index in [2.05, 4.69) is 10.4 Å². The first-order valence-electron chi connectivity index (χ1n) is 4.31. The van der Waals surface area contributed by atoms with Crippen molar-refractivity contribution in [2.24, 2.45) is 10.8 Å². The third kappa shape index (κ3) is 2.96. The Kier molecular flexibility index (Phi) is 4.17. The molecule has 1 heterocycles. The van der Waals surface area contributed by atoms with Gasteiger partial charge in [0.2, 0.25) is 5.96 Å². The summed E-state index contributed by atoms with van der Waals surface area (Å²) in [5, 5.41) is 0. The fraction of sp³-hybridized carbons (Fsp3) is 0.857. The summed E-state index contributed by atoms with van der Waals surface area (Å²) in [5.41, 5.74) is 2.54. The molecule has 0 bridgehead atoms. The quantitative estimate of drug-likeness (QED) is 0.227.